The minimum Gasteiger partial charge on any atom is -0.166 e. The van der Waals surface area contributed by atoms with Crippen molar-refractivity contribution in [2.45, 2.75) is 25.4 Å². The number of hydrogen-bond donors (Lipinski definition) is 0. The molecule has 5 aromatic carbocycles. The molecular formula is C42H31F3. The second-order valence-electron chi connectivity index (χ2n) is 12.4. The molecule has 0 radical (unpaired) electrons. The van der Waals surface area contributed by atoms with Gasteiger partial charge in [0.1, 0.15) is 0 Å². The van der Waals surface area contributed by atoms with E-state index < -0.39 is 11.7 Å². The van der Waals surface area contributed by atoms with Gasteiger partial charge in [0.25, 0.3) is 0 Å². The Bertz CT molecular complexity index is 2130. The van der Waals surface area contributed by atoms with E-state index in [2.05, 4.69) is 110 Å². The maximum atomic E-state index is 14.2. The van der Waals surface area contributed by atoms with Gasteiger partial charge >= 0.3 is 6.18 Å². The lowest BCUT2D eigenvalue weighted by Crippen LogP contribution is -2.32. The van der Waals surface area contributed by atoms with Crippen molar-refractivity contribution in [3.8, 4) is 11.1 Å². The predicted molar refractivity (Wildman–Crippen MR) is 180 cm³/mol. The highest BCUT2D eigenvalue weighted by Crippen LogP contribution is 2.56. The number of rotatable bonds is 3. The standard InChI is InChI=1S/C42H31F3/c1-26-13-21-36-38(23-26)41(32-19-14-27-7-2-3-9-31(27)24-32)37-22-20-33(42(43,44)45)25-39(37)40(36)30-17-15-29(16-18-30)35-12-6-10-28-8-4-5-11-34(28)35/h2-21,23-25,37-38,41H,22H2,1H3. The van der Waals surface area contributed by atoms with Crippen LogP contribution < -0.4 is 0 Å². The van der Waals surface area contributed by atoms with E-state index in [4.69, 9.17) is 0 Å². The van der Waals surface area contributed by atoms with Crippen LogP contribution in [0.1, 0.15) is 30.4 Å². The van der Waals surface area contributed by atoms with Crippen LogP contribution in [0.25, 0.3) is 38.2 Å². The molecule has 8 rings (SSSR count). The van der Waals surface area contributed by atoms with E-state index in [1.54, 1.807) is 0 Å². The van der Waals surface area contributed by atoms with Gasteiger partial charge in [0.2, 0.25) is 0 Å². The molecule has 0 saturated carbocycles. The maximum absolute atomic E-state index is 14.2. The SMILES string of the molecule is CC1=CC2C(=C(c3ccc(-c4cccc5ccccc45)cc3)C3=CC(C(F)(F)F)=CCC3C2c2ccc3ccccc3c2)C=C1. The zero-order chi connectivity index (χ0) is 30.7. The number of fused-ring (bicyclic) bond motifs is 4. The summed E-state index contributed by atoms with van der Waals surface area (Å²) in [5, 5.41) is 4.66. The van der Waals surface area contributed by atoms with Crippen LogP contribution in [0.3, 0.4) is 0 Å². The summed E-state index contributed by atoms with van der Waals surface area (Å²) in [6.07, 6.45) is 5.33. The summed E-state index contributed by atoms with van der Waals surface area (Å²) in [6, 6.07) is 37.9. The molecule has 3 aliphatic rings. The molecule has 3 atom stereocenters. The molecule has 0 heterocycles. The van der Waals surface area contributed by atoms with Gasteiger partial charge in [-0.25, -0.2) is 0 Å². The molecule has 3 aliphatic carbocycles. The van der Waals surface area contributed by atoms with Gasteiger partial charge in [0.15, 0.2) is 0 Å². The second kappa shape index (κ2) is 10.6. The lowest BCUT2D eigenvalue weighted by atomic mass is 9.59. The third-order valence-electron chi connectivity index (χ3n) is 9.79. The number of hydrogen-bond acceptors (Lipinski definition) is 0. The molecule has 0 N–H and O–H groups in total. The van der Waals surface area contributed by atoms with E-state index in [1.165, 1.54) is 34.1 Å². The molecule has 45 heavy (non-hydrogen) atoms. The molecule has 0 nitrogen and oxygen atoms in total. The maximum Gasteiger partial charge on any atom is 0.416 e. The van der Waals surface area contributed by atoms with Gasteiger partial charge in [-0.15, -0.1) is 0 Å². The number of allylic oxidation sites excluding steroid dienone is 10. The summed E-state index contributed by atoms with van der Waals surface area (Å²) in [6.45, 7) is 2.11. The van der Waals surface area contributed by atoms with Gasteiger partial charge in [0.05, 0.1) is 5.57 Å². The Morgan fingerprint density at radius 2 is 1.40 bits per heavy atom. The van der Waals surface area contributed by atoms with Crippen LogP contribution in [-0.2, 0) is 0 Å². The molecule has 0 aliphatic heterocycles. The summed E-state index contributed by atoms with van der Waals surface area (Å²) in [5.41, 5.74) is 7.77. The van der Waals surface area contributed by atoms with Crippen molar-refractivity contribution >= 4 is 27.1 Å². The van der Waals surface area contributed by atoms with Gasteiger partial charge in [-0.05, 0) is 85.9 Å². The first-order valence-corrected chi connectivity index (χ1v) is 15.5. The quantitative estimate of drug-likeness (QED) is 0.195. The molecule has 220 valence electrons. The molecule has 5 aromatic rings. The van der Waals surface area contributed by atoms with Crippen molar-refractivity contribution in [2.75, 3.05) is 0 Å². The van der Waals surface area contributed by atoms with E-state index in [9.17, 15) is 13.2 Å². The van der Waals surface area contributed by atoms with Gasteiger partial charge in [-0.3, -0.25) is 0 Å². The van der Waals surface area contributed by atoms with Gasteiger partial charge < -0.3 is 0 Å². The lowest BCUT2D eigenvalue weighted by Gasteiger charge is -2.44. The van der Waals surface area contributed by atoms with E-state index in [1.807, 2.05) is 24.3 Å². The van der Waals surface area contributed by atoms with E-state index >= 15 is 0 Å². The largest absolute Gasteiger partial charge is 0.416 e. The van der Waals surface area contributed by atoms with Crippen molar-refractivity contribution in [3.63, 3.8) is 0 Å². The Morgan fingerprint density at radius 3 is 2.20 bits per heavy atom. The second-order valence-corrected chi connectivity index (χ2v) is 12.4. The zero-order valence-corrected chi connectivity index (χ0v) is 24.9. The minimum atomic E-state index is -4.40. The fraction of sp³-hybridized carbons (Fsp3) is 0.143. The first-order chi connectivity index (χ1) is 21.8. The summed E-state index contributed by atoms with van der Waals surface area (Å²) in [5.74, 6) is -0.0262. The Kier molecular flexibility index (Phi) is 6.53. The molecular weight excluding hydrogens is 561 g/mol. The lowest BCUT2D eigenvalue weighted by molar-refractivity contribution is -0.0888. The summed E-state index contributed by atoms with van der Waals surface area (Å²) < 4.78 is 42.7. The topological polar surface area (TPSA) is 0 Å². The molecule has 0 amide bonds. The third kappa shape index (κ3) is 4.78. The number of benzene rings is 5. The Hall–Kier alpha value is -4.89. The highest BCUT2D eigenvalue weighted by molar-refractivity contribution is 5.97. The molecule has 0 aromatic heterocycles. The van der Waals surface area contributed by atoms with Crippen LogP contribution in [0.15, 0.2) is 162 Å². The monoisotopic (exact) mass is 592 g/mol. The number of alkyl halides is 3. The van der Waals surface area contributed by atoms with Crippen molar-refractivity contribution in [2.24, 2.45) is 11.8 Å². The van der Waals surface area contributed by atoms with Crippen LogP contribution in [0.4, 0.5) is 13.2 Å². The van der Waals surface area contributed by atoms with E-state index in [-0.39, 0.29) is 17.8 Å². The minimum absolute atomic E-state index is 0.0143. The summed E-state index contributed by atoms with van der Waals surface area (Å²) in [4.78, 5) is 0. The van der Waals surface area contributed by atoms with Crippen molar-refractivity contribution in [1.82, 2.24) is 0 Å². The summed E-state index contributed by atoms with van der Waals surface area (Å²) >= 11 is 0. The predicted octanol–water partition coefficient (Wildman–Crippen LogP) is 11.8. The zero-order valence-electron chi connectivity index (χ0n) is 24.9. The average Bonchev–Trinajstić information content (AvgIpc) is 3.06. The first kappa shape index (κ1) is 27.6. The van der Waals surface area contributed by atoms with E-state index in [0.717, 1.165) is 44.2 Å². The Labute approximate surface area is 261 Å². The summed E-state index contributed by atoms with van der Waals surface area (Å²) in [7, 11) is 0. The normalized spacial score (nSPS) is 21.2. The van der Waals surface area contributed by atoms with Crippen molar-refractivity contribution < 1.29 is 13.2 Å². The Balaban J connectivity index is 1.31. The van der Waals surface area contributed by atoms with Gasteiger partial charge in [0, 0.05) is 11.8 Å². The first-order valence-electron chi connectivity index (χ1n) is 15.5. The fourth-order valence-corrected chi connectivity index (χ4v) is 7.72. The molecule has 0 fully saturated rings. The third-order valence-corrected chi connectivity index (χ3v) is 9.79. The average molecular weight is 593 g/mol. The van der Waals surface area contributed by atoms with Crippen molar-refractivity contribution in [3.05, 3.63) is 173 Å². The van der Waals surface area contributed by atoms with Crippen LogP contribution in [0.2, 0.25) is 0 Å². The molecule has 3 unspecified atom stereocenters. The highest BCUT2D eigenvalue weighted by atomic mass is 19.4. The smallest absolute Gasteiger partial charge is 0.166 e. The molecule has 0 spiro atoms. The van der Waals surface area contributed by atoms with E-state index in [0.29, 0.717) is 6.42 Å². The van der Waals surface area contributed by atoms with Crippen molar-refractivity contribution in [1.29, 1.82) is 0 Å². The fourth-order valence-electron chi connectivity index (χ4n) is 7.72. The van der Waals surface area contributed by atoms with Crippen LogP contribution >= 0.6 is 0 Å². The van der Waals surface area contributed by atoms with Crippen LogP contribution in [-0.4, -0.2) is 6.18 Å². The molecule has 0 saturated heterocycles. The van der Waals surface area contributed by atoms with Crippen LogP contribution in [0, 0.1) is 11.8 Å². The molecule has 0 bridgehead atoms. The van der Waals surface area contributed by atoms with Crippen LogP contribution in [0.5, 0.6) is 0 Å². The highest BCUT2D eigenvalue weighted by Gasteiger charge is 2.44. The Morgan fingerprint density at radius 1 is 0.689 bits per heavy atom. The number of halogens is 3. The molecule has 3 heteroatoms. The van der Waals surface area contributed by atoms with Gasteiger partial charge in [-0.2, -0.15) is 13.2 Å². The van der Waals surface area contributed by atoms with Gasteiger partial charge in [-0.1, -0.05) is 139 Å².